The minimum Gasteiger partial charge on any atom is -0.354 e. The summed E-state index contributed by atoms with van der Waals surface area (Å²) >= 11 is 3.60. The SMILES string of the molecule is CCNc1ncc(Br)c(N(CC)C2CCCCC2)n1. The highest BCUT2D eigenvalue weighted by molar-refractivity contribution is 9.10. The number of rotatable bonds is 5. The first-order valence-electron chi connectivity index (χ1n) is 7.29. The number of halogens is 1. The number of nitrogens with one attached hydrogen (secondary N) is 1. The Hall–Kier alpha value is -0.840. The van der Waals surface area contributed by atoms with Crippen molar-refractivity contribution >= 4 is 27.7 Å². The quantitative estimate of drug-likeness (QED) is 0.892. The van der Waals surface area contributed by atoms with E-state index < -0.39 is 0 Å². The van der Waals surface area contributed by atoms with Crippen molar-refractivity contribution in [2.75, 3.05) is 23.3 Å². The number of hydrogen-bond donors (Lipinski definition) is 1. The van der Waals surface area contributed by atoms with Crippen molar-refractivity contribution in [3.63, 3.8) is 0 Å². The highest BCUT2D eigenvalue weighted by Crippen LogP contribution is 2.31. The Balaban J connectivity index is 2.22. The van der Waals surface area contributed by atoms with Gasteiger partial charge >= 0.3 is 0 Å². The van der Waals surface area contributed by atoms with E-state index in [1.165, 1.54) is 32.1 Å². The standard InChI is InChI=1S/C14H23BrN4/c1-3-16-14-17-10-12(15)13(18-14)19(4-2)11-8-6-5-7-9-11/h10-11H,3-9H2,1-2H3,(H,16,17,18). The van der Waals surface area contributed by atoms with Gasteiger partial charge in [-0.05, 0) is 42.6 Å². The molecule has 0 spiro atoms. The monoisotopic (exact) mass is 326 g/mol. The number of anilines is 2. The molecule has 5 heteroatoms. The summed E-state index contributed by atoms with van der Waals surface area (Å²) in [6.45, 7) is 6.10. The van der Waals surface area contributed by atoms with E-state index in [-0.39, 0.29) is 0 Å². The van der Waals surface area contributed by atoms with Gasteiger partial charge in [0.25, 0.3) is 0 Å². The van der Waals surface area contributed by atoms with Gasteiger partial charge in [-0.25, -0.2) is 4.98 Å². The predicted molar refractivity (Wildman–Crippen MR) is 83.8 cm³/mol. The molecule has 0 unspecified atom stereocenters. The van der Waals surface area contributed by atoms with E-state index in [1.807, 2.05) is 6.20 Å². The summed E-state index contributed by atoms with van der Waals surface area (Å²) in [6, 6.07) is 0.624. The van der Waals surface area contributed by atoms with Crippen LogP contribution in [0.1, 0.15) is 46.0 Å². The van der Waals surface area contributed by atoms with Crippen molar-refractivity contribution in [3.8, 4) is 0 Å². The van der Waals surface area contributed by atoms with Gasteiger partial charge in [-0.15, -0.1) is 0 Å². The van der Waals surface area contributed by atoms with Crippen LogP contribution in [-0.2, 0) is 0 Å². The lowest BCUT2D eigenvalue weighted by atomic mass is 9.94. The largest absolute Gasteiger partial charge is 0.354 e. The maximum Gasteiger partial charge on any atom is 0.224 e. The first-order valence-corrected chi connectivity index (χ1v) is 8.08. The molecule has 1 aliphatic carbocycles. The second-order valence-electron chi connectivity index (χ2n) is 4.97. The van der Waals surface area contributed by atoms with Gasteiger partial charge in [0.1, 0.15) is 5.82 Å². The minimum atomic E-state index is 0.624. The summed E-state index contributed by atoms with van der Waals surface area (Å²) in [5.41, 5.74) is 0. The molecule has 19 heavy (non-hydrogen) atoms. The van der Waals surface area contributed by atoms with E-state index in [1.54, 1.807) is 0 Å². The predicted octanol–water partition coefficient (Wildman–Crippen LogP) is 3.83. The average molecular weight is 327 g/mol. The zero-order valence-electron chi connectivity index (χ0n) is 11.8. The Morgan fingerprint density at radius 3 is 2.68 bits per heavy atom. The molecular formula is C14H23BrN4. The molecule has 0 aliphatic heterocycles. The average Bonchev–Trinajstić information content (AvgIpc) is 2.44. The van der Waals surface area contributed by atoms with Crippen LogP contribution in [-0.4, -0.2) is 29.1 Å². The fraction of sp³-hybridized carbons (Fsp3) is 0.714. The molecule has 1 saturated carbocycles. The van der Waals surface area contributed by atoms with Gasteiger partial charge in [-0.3, -0.25) is 0 Å². The van der Waals surface area contributed by atoms with Crippen LogP contribution < -0.4 is 10.2 Å². The fourth-order valence-corrected chi connectivity index (χ4v) is 3.20. The highest BCUT2D eigenvalue weighted by Gasteiger charge is 2.23. The fourth-order valence-electron chi connectivity index (χ4n) is 2.78. The Kier molecular flexibility index (Phi) is 5.43. The summed E-state index contributed by atoms with van der Waals surface area (Å²) in [5.74, 6) is 1.75. The van der Waals surface area contributed by atoms with Crippen LogP contribution in [0, 0.1) is 0 Å². The molecule has 1 aromatic heterocycles. The van der Waals surface area contributed by atoms with E-state index in [0.717, 1.165) is 29.3 Å². The molecule has 0 radical (unpaired) electrons. The van der Waals surface area contributed by atoms with Crippen LogP contribution in [0.4, 0.5) is 11.8 Å². The zero-order valence-corrected chi connectivity index (χ0v) is 13.4. The lowest BCUT2D eigenvalue weighted by Gasteiger charge is -2.35. The third-order valence-electron chi connectivity index (χ3n) is 3.69. The summed E-state index contributed by atoms with van der Waals surface area (Å²) in [5, 5.41) is 3.19. The summed E-state index contributed by atoms with van der Waals surface area (Å²) in [6.07, 6.45) is 8.46. The van der Waals surface area contributed by atoms with Gasteiger partial charge in [0, 0.05) is 25.3 Å². The topological polar surface area (TPSA) is 41.1 Å². The lowest BCUT2D eigenvalue weighted by molar-refractivity contribution is 0.416. The second-order valence-corrected chi connectivity index (χ2v) is 5.83. The first kappa shape index (κ1) is 14.6. The maximum absolute atomic E-state index is 4.67. The van der Waals surface area contributed by atoms with Gasteiger partial charge in [-0.1, -0.05) is 19.3 Å². The Labute approximate surface area is 124 Å². The smallest absolute Gasteiger partial charge is 0.224 e. The summed E-state index contributed by atoms with van der Waals surface area (Å²) in [7, 11) is 0. The zero-order chi connectivity index (χ0) is 13.7. The molecule has 0 amide bonds. The third kappa shape index (κ3) is 3.59. The molecule has 0 atom stereocenters. The van der Waals surface area contributed by atoms with Crippen LogP contribution in [0.25, 0.3) is 0 Å². The van der Waals surface area contributed by atoms with Crippen LogP contribution >= 0.6 is 15.9 Å². The Bertz CT molecular complexity index is 404. The van der Waals surface area contributed by atoms with Crippen LogP contribution in [0.15, 0.2) is 10.7 Å². The highest BCUT2D eigenvalue weighted by atomic mass is 79.9. The molecule has 1 aromatic rings. The molecule has 0 aromatic carbocycles. The first-order chi connectivity index (χ1) is 9.26. The molecule has 1 heterocycles. The number of nitrogens with zero attached hydrogens (tertiary/aromatic N) is 3. The summed E-state index contributed by atoms with van der Waals surface area (Å²) < 4.78 is 0.988. The van der Waals surface area contributed by atoms with Crippen LogP contribution in [0.2, 0.25) is 0 Å². The molecule has 2 rings (SSSR count). The lowest BCUT2D eigenvalue weighted by Crippen LogP contribution is -2.37. The van der Waals surface area contributed by atoms with E-state index in [2.05, 4.69) is 50.0 Å². The van der Waals surface area contributed by atoms with Gasteiger partial charge in [0.05, 0.1) is 4.47 Å². The minimum absolute atomic E-state index is 0.624. The third-order valence-corrected chi connectivity index (χ3v) is 4.25. The van der Waals surface area contributed by atoms with Gasteiger partial charge in [0.2, 0.25) is 5.95 Å². The molecule has 0 bridgehead atoms. The van der Waals surface area contributed by atoms with Gasteiger partial charge in [-0.2, -0.15) is 4.98 Å². The normalized spacial score (nSPS) is 16.4. The Morgan fingerprint density at radius 1 is 1.32 bits per heavy atom. The van der Waals surface area contributed by atoms with E-state index >= 15 is 0 Å². The van der Waals surface area contributed by atoms with Crippen molar-refractivity contribution in [2.45, 2.75) is 52.0 Å². The molecule has 4 nitrogen and oxygen atoms in total. The summed E-state index contributed by atoms with van der Waals surface area (Å²) in [4.78, 5) is 11.4. The number of aromatic nitrogens is 2. The van der Waals surface area contributed by atoms with E-state index in [4.69, 9.17) is 0 Å². The van der Waals surface area contributed by atoms with Gasteiger partial charge in [0.15, 0.2) is 0 Å². The van der Waals surface area contributed by atoms with E-state index in [9.17, 15) is 0 Å². The van der Waals surface area contributed by atoms with E-state index in [0.29, 0.717) is 6.04 Å². The van der Waals surface area contributed by atoms with Crippen LogP contribution in [0.3, 0.4) is 0 Å². The Morgan fingerprint density at radius 2 is 2.05 bits per heavy atom. The molecular weight excluding hydrogens is 304 g/mol. The van der Waals surface area contributed by atoms with Gasteiger partial charge < -0.3 is 10.2 Å². The number of hydrogen-bond acceptors (Lipinski definition) is 4. The van der Waals surface area contributed by atoms with Crippen molar-refractivity contribution in [1.82, 2.24) is 9.97 Å². The maximum atomic E-state index is 4.67. The van der Waals surface area contributed by atoms with Crippen molar-refractivity contribution in [3.05, 3.63) is 10.7 Å². The second kappa shape index (κ2) is 7.08. The van der Waals surface area contributed by atoms with Crippen LogP contribution in [0.5, 0.6) is 0 Å². The molecule has 1 fully saturated rings. The molecule has 106 valence electrons. The van der Waals surface area contributed by atoms with Crippen molar-refractivity contribution in [1.29, 1.82) is 0 Å². The molecule has 0 saturated heterocycles. The van der Waals surface area contributed by atoms with Crippen molar-refractivity contribution in [2.24, 2.45) is 0 Å². The molecule has 1 N–H and O–H groups in total. The molecule has 1 aliphatic rings. The van der Waals surface area contributed by atoms with Crippen molar-refractivity contribution < 1.29 is 0 Å².